The molecule has 6 rings (SSSR count). The van der Waals surface area contributed by atoms with Crippen LogP contribution in [0.1, 0.15) is 53.1 Å². The lowest BCUT2D eigenvalue weighted by Crippen LogP contribution is -2.35. The number of pyridine rings is 2. The Bertz CT molecular complexity index is 1670. The lowest BCUT2D eigenvalue weighted by Gasteiger charge is -2.23. The highest BCUT2D eigenvalue weighted by molar-refractivity contribution is 5.94. The number of aromatic nitrogens is 3. The molecule has 0 bridgehead atoms. The van der Waals surface area contributed by atoms with Crippen molar-refractivity contribution in [2.45, 2.75) is 45.4 Å². The molecule has 0 spiro atoms. The Morgan fingerprint density at radius 1 is 0.947 bits per heavy atom. The minimum absolute atomic E-state index is 0.398. The Morgan fingerprint density at radius 3 is 2.58 bits per heavy atom. The minimum Gasteiger partial charge on any atom is -0.358 e. The molecule has 0 amide bonds. The summed E-state index contributed by atoms with van der Waals surface area (Å²) in [5.41, 5.74) is 13.4. The van der Waals surface area contributed by atoms with Crippen LogP contribution in [0.3, 0.4) is 0 Å². The van der Waals surface area contributed by atoms with E-state index in [9.17, 15) is 0 Å². The maximum atomic E-state index is 4.69. The standard InChI is InChI=1S/C35H33N3/c1-5-28-25(4)37-34-21-27-16-15-26(29-10-6-7-11-30(29)33-12-8-9-18-36-33)14-13-24(3)38-19-17-23(2)20-35(38)31(27)22-32(28)34/h5-12,17-22,26H,1,3,13-16H2,2,4H3/p+1. The number of hydrogen-bond acceptors (Lipinski definition) is 1. The van der Waals surface area contributed by atoms with E-state index in [0.29, 0.717) is 5.92 Å². The van der Waals surface area contributed by atoms with Gasteiger partial charge in [0.25, 0.3) is 0 Å². The van der Waals surface area contributed by atoms with E-state index >= 15 is 0 Å². The summed E-state index contributed by atoms with van der Waals surface area (Å²) in [4.78, 5) is 8.29. The monoisotopic (exact) mass is 496 g/mol. The van der Waals surface area contributed by atoms with Crippen LogP contribution < -0.4 is 4.57 Å². The first-order chi connectivity index (χ1) is 18.5. The summed E-state index contributed by atoms with van der Waals surface area (Å²) in [6.07, 6.45) is 10.1. The maximum Gasteiger partial charge on any atom is 0.218 e. The largest absolute Gasteiger partial charge is 0.358 e. The summed E-state index contributed by atoms with van der Waals surface area (Å²) in [6, 6.07) is 24.2. The molecule has 1 aliphatic heterocycles. The molecule has 0 saturated heterocycles. The normalized spacial score (nSPS) is 15.6. The maximum absolute atomic E-state index is 4.69. The summed E-state index contributed by atoms with van der Waals surface area (Å²) in [6.45, 7) is 13.0. The first-order valence-electron chi connectivity index (χ1n) is 13.5. The molecule has 3 aromatic heterocycles. The molecule has 1 atom stereocenters. The van der Waals surface area contributed by atoms with Gasteiger partial charge in [0.05, 0.1) is 11.3 Å². The van der Waals surface area contributed by atoms with E-state index in [-0.39, 0.29) is 0 Å². The first-order valence-corrected chi connectivity index (χ1v) is 13.5. The summed E-state index contributed by atoms with van der Waals surface area (Å²) >= 11 is 0. The second-order valence-electron chi connectivity index (χ2n) is 10.5. The van der Waals surface area contributed by atoms with Gasteiger partial charge in [-0.2, -0.15) is 4.57 Å². The van der Waals surface area contributed by atoms with Gasteiger partial charge in [0, 0.05) is 52.5 Å². The second-order valence-corrected chi connectivity index (χ2v) is 10.5. The first kappa shape index (κ1) is 24.1. The molecule has 4 heterocycles. The third kappa shape index (κ3) is 4.28. The van der Waals surface area contributed by atoms with Gasteiger partial charge in [-0.1, -0.05) is 43.0 Å². The lowest BCUT2D eigenvalue weighted by molar-refractivity contribution is -0.571. The third-order valence-electron chi connectivity index (χ3n) is 8.08. The molecule has 0 fully saturated rings. The van der Waals surface area contributed by atoms with E-state index in [1.807, 2.05) is 18.3 Å². The van der Waals surface area contributed by atoms with Gasteiger partial charge in [0.2, 0.25) is 5.69 Å². The van der Waals surface area contributed by atoms with Gasteiger partial charge in [0.1, 0.15) is 0 Å². The molecule has 1 N–H and O–H groups in total. The van der Waals surface area contributed by atoms with Crippen molar-refractivity contribution in [3.63, 3.8) is 0 Å². The van der Waals surface area contributed by atoms with E-state index in [0.717, 1.165) is 42.8 Å². The molecule has 0 radical (unpaired) electrons. The SMILES string of the molecule is C=Cc1c(C)[nH]c2cc3c(cc12)-c1cc(C)cc[n+]1C(=C)CCC(c1ccccc1-c1ccccn1)CC3. The van der Waals surface area contributed by atoms with Crippen molar-refractivity contribution in [1.82, 2.24) is 9.97 Å². The van der Waals surface area contributed by atoms with Crippen LogP contribution in [-0.2, 0) is 6.42 Å². The fourth-order valence-electron chi connectivity index (χ4n) is 6.09. The Morgan fingerprint density at radius 2 is 1.76 bits per heavy atom. The van der Waals surface area contributed by atoms with E-state index in [4.69, 9.17) is 0 Å². The van der Waals surface area contributed by atoms with Crippen LogP contribution in [0.4, 0.5) is 0 Å². The number of nitrogens with zero attached hydrogens (tertiary/aromatic N) is 2. The quantitative estimate of drug-likeness (QED) is 0.250. The van der Waals surface area contributed by atoms with Crippen LogP contribution in [0, 0.1) is 13.8 Å². The topological polar surface area (TPSA) is 32.6 Å². The van der Waals surface area contributed by atoms with Crippen molar-refractivity contribution >= 4 is 22.7 Å². The van der Waals surface area contributed by atoms with Gasteiger partial charge in [-0.05, 0) is 86.6 Å². The summed E-state index contributed by atoms with van der Waals surface area (Å²) < 4.78 is 2.30. The average Bonchev–Trinajstić information content (AvgIpc) is 3.26. The second kappa shape index (κ2) is 9.90. The number of H-pyrrole nitrogens is 1. The number of hydrogen-bond donors (Lipinski definition) is 1. The zero-order valence-corrected chi connectivity index (χ0v) is 22.3. The van der Waals surface area contributed by atoms with Gasteiger partial charge in [-0.15, -0.1) is 0 Å². The molecule has 3 nitrogen and oxygen atoms in total. The molecule has 38 heavy (non-hydrogen) atoms. The van der Waals surface area contributed by atoms with E-state index in [1.54, 1.807) is 0 Å². The van der Waals surface area contributed by atoms with E-state index < -0.39 is 0 Å². The average molecular weight is 497 g/mol. The fraction of sp³-hybridized carbons (Fsp3) is 0.200. The molecule has 3 heteroatoms. The zero-order chi connectivity index (χ0) is 26.2. The van der Waals surface area contributed by atoms with E-state index in [1.165, 1.54) is 50.0 Å². The van der Waals surface area contributed by atoms with Gasteiger partial charge < -0.3 is 4.98 Å². The fourth-order valence-corrected chi connectivity index (χ4v) is 6.09. The van der Waals surface area contributed by atoms with Crippen LogP contribution in [0.2, 0.25) is 0 Å². The Kier molecular flexibility index (Phi) is 6.29. The predicted octanol–water partition coefficient (Wildman–Crippen LogP) is 8.43. The number of rotatable bonds is 3. The molecule has 188 valence electrons. The number of benzene rings is 2. The Labute approximate surface area is 225 Å². The van der Waals surface area contributed by atoms with Crippen molar-refractivity contribution in [2.75, 3.05) is 0 Å². The van der Waals surface area contributed by atoms with Crippen molar-refractivity contribution in [3.05, 3.63) is 120 Å². The number of aryl methyl sites for hydroxylation is 3. The summed E-state index contributed by atoms with van der Waals surface area (Å²) in [5.74, 6) is 0.398. The molecule has 0 saturated carbocycles. The van der Waals surface area contributed by atoms with E-state index in [2.05, 4.69) is 108 Å². The summed E-state index contributed by atoms with van der Waals surface area (Å²) in [5, 5.41) is 1.23. The van der Waals surface area contributed by atoms with Crippen molar-refractivity contribution < 1.29 is 4.57 Å². The van der Waals surface area contributed by atoms with Gasteiger partial charge >= 0.3 is 0 Å². The molecule has 0 aliphatic carbocycles. The van der Waals surface area contributed by atoms with Crippen molar-refractivity contribution in [2.24, 2.45) is 0 Å². The lowest BCUT2D eigenvalue weighted by atomic mass is 9.83. The van der Waals surface area contributed by atoms with Gasteiger partial charge in [-0.3, -0.25) is 4.98 Å². The molecule has 2 aromatic carbocycles. The smallest absolute Gasteiger partial charge is 0.218 e. The van der Waals surface area contributed by atoms with Crippen molar-refractivity contribution in [3.8, 4) is 22.5 Å². The van der Waals surface area contributed by atoms with Crippen LogP contribution in [0.25, 0.3) is 45.2 Å². The van der Waals surface area contributed by atoms with Gasteiger partial charge in [0.15, 0.2) is 11.9 Å². The number of allylic oxidation sites excluding steroid dienone is 1. The van der Waals surface area contributed by atoms with Crippen LogP contribution in [0.5, 0.6) is 0 Å². The Balaban J connectivity index is 1.51. The highest BCUT2D eigenvalue weighted by atomic mass is 15.0. The molecule has 1 aliphatic rings. The van der Waals surface area contributed by atoms with Crippen LogP contribution in [-0.4, -0.2) is 9.97 Å². The molecule has 1 unspecified atom stereocenters. The number of fused-ring (bicyclic) bond motifs is 4. The highest BCUT2D eigenvalue weighted by Gasteiger charge is 2.26. The van der Waals surface area contributed by atoms with Crippen LogP contribution >= 0.6 is 0 Å². The molecule has 5 aromatic rings. The predicted molar refractivity (Wildman–Crippen MR) is 159 cm³/mol. The third-order valence-corrected chi connectivity index (χ3v) is 8.08. The summed E-state index contributed by atoms with van der Waals surface area (Å²) in [7, 11) is 0. The van der Waals surface area contributed by atoms with Gasteiger partial charge in [-0.25, -0.2) is 0 Å². The number of nitrogens with one attached hydrogen (secondary N) is 1. The molecular weight excluding hydrogens is 462 g/mol. The van der Waals surface area contributed by atoms with Crippen molar-refractivity contribution in [1.29, 1.82) is 0 Å². The Hall–Kier alpha value is -4.24. The minimum atomic E-state index is 0.398. The molecular formula is C35H34N3+. The highest BCUT2D eigenvalue weighted by Crippen LogP contribution is 2.38. The zero-order valence-electron chi connectivity index (χ0n) is 22.3. The van der Waals surface area contributed by atoms with Crippen LogP contribution in [0.15, 0.2) is 92.3 Å². The number of aromatic amines is 1.